The summed E-state index contributed by atoms with van der Waals surface area (Å²) in [6.45, 7) is 1.60. The summed E-state index contributed by atoms with van der Waals surface area (Å²) in [7, 11) is -1.58. The molecule has 0 aliphatic carbocycles. The fourth-order valence-electron chi connectivity index (χ4n) is 1.88. The van der Waals surface area contributed by atoms with Crippen LogP contribution in [0, 0.1) is 0 Å². The molecule has 1 fully saturated rings. The number of hydrogen-bond acceptors (Lipinski definition) is 4. The van der Waals surface area contributed by atoms with Gasteiger partial charge in [0.1, 0.15) is 0 Å². The zero-order chi connectivity index (χ0) is 12.5. The SMILES string of the molecule is CN1CCC(NS(=O)(=O)c2ccc(=O)[nH]c2)C1. The number of rotatable bonds is 3. The van der Waals surface area contributed by atoms with Crippen molar-refractivity contribution >= 4 is 10.0 Å². The van der Waals surface area contributed by atoms with Crippen molar-refractivity contribution in [3.63, 3.8) is 0 Å². The lowest BCUT2D eigenvalue weighted by Gasteiger charge is -2.12. The van der Waals surface area contributed by atoms with Crippen LogP contribution in [0.3, 0.4) is 0 Å². The van der Waals surface area contributed by atoms with Gasteiger partial charge in [0.15, 0.2) is 0 Å². The predicted octanol–water partition coefficient (Wildman–Crippen LogP) is -0.643. The Morgan fingerprint density at radius 1 is 1.47 bits per heavy atom. The molecule has 1 aliphatic heterocycles. The molecule has 0 spiro atoms. The highest BCUT2D eigenvalue weighted by atomic mass is 32.2. The minimum atomic E-state index is -3.53. The average Bonchev–Trinajstić information content (AvgIpc) is 2.63. The van der Waals surface area contributed by atoms with Gasteiger partial charge in [0.25, 0.3) is 0 Å². The van der Waals surface area contributed by atoms with Crippen LogP contribution in [0.25, 0.3) is 0 Å². The van der Waals surface area contributed by atoms with E-state index in [2.05, 4.69) is 14.6 Å². The molecule has 6 nitrogen and oxygen atoms in total. The first-order valence-corrected chi connectivity index (χ1v) is 6.85. The Balaban J connectivity index is 2.14. The van der Waals surface area contributed by atoms with Crippen LogP contribution in [-0.2, 0) is 10.0 Å². The van der Waals surface area contributed by atoms with Crippen LogP contribution in [0.2, 0.25) is 0 Å². The van der Waals surface area contributed by atoms with E-state index in [4.69, 9.17) is 0 Å². The summed E-state index contributed by atoms with van der Waals surface area (Å²) >= 11 is 0. The Hall–Kier alpha value is -1.18. The Labute approximate surface area is 99.7 Å². The van der Waals surface area contributed by atoms with Crippen LogP contribution < -0.4 is 10.3 Å². The molecule has 0 saturated carbocycles. The third-order valence-electron chi connectivity index (χ3n) is 2.78. The number of aromatic amines is 1. The second kappa shape index (κ2) is 4.59. The highest BCUT2D eigenvalue weighted by molar-refractivity contribution is 7.89. The number of likely N-dealkylation sites (tertiary alicyclic amines) is 1. The quantitative estimate of drug-likeness (QED) is 0.754. The Morgan fingerprint density at radius 2 is 2.24 bits per heavy atom. The van der Waals surface area contributed by atoms with E-state index in [1.807, 2.05) is 7.05 Å². The summed E-state index contributed by atoms with van der Waals surface area (Å²) in [4.78, 5) is 15.4. The van der Waals surface area contributed by atoms with E-state index >= 15 is 0 Å². The summed E-state index contributed by atoms with van der Waals surface area (Å²) in [5.74, 6) is 0. The Bertz CT molecular complexity index is 532. The fraction of sp³-hybridized carbons (Fsp3) is 0.500. The van der Waals surface area contributed by atoms with Gasteiger partial charge in [-0.25, -0.2) is 13.1 Å². The zero-order valence-electron chi connectivity index (χ0n) is 9.51. The normalized spacial score (nSPS) is 21.8. The fourth-order valence-corrected chi connectivity index (χ4v) is 3.11. The van der Waals surface area contributed by atoms with Gasteiger partial charge in [0, 0.05) is 24.8 Å². The van der Waals surface area contributed by atoms with Crippen LogP contribution in [0.5, 0.6) is 0 Å². The van der Waals surface area contributed by atoms with Crippen LogP contribution >= 0.6 is 0 Å². The molecule has 0 amide bonds. The second-order valence-electron chi connectivity index (χ2n) is 4.26. The van der Waals surface area contributed by atoms with Gasteiger partial charge in [-0.3, -0.25) is 4.79 Å². The predicted molar refractivity (Wildman–Crippen MR) is 63.3 cm³/mol. The van der Waals surface area contributed by atoms with Crippen molar-refractivity contribution < 1.29 is 8.42 Å². The maximum Gasteiger partial charge on any atom is 0.247 e. The van der Waals surface area contributed by atoms with Gasteiger partial charge in [0.2, 0.25) is 15.6 Å². The number of aromatic nitrogens is 1. The molecule has 7 heteroatoms. The summed E-state index contributed by atoms with van der Waals surface area (Å²) in [5, 5.41) is 0. The van der Waals surface area contributed by atoms with Gasteiger partial charge in [-0.2, -0.15) is 0 Å². The van der Waals surface area contributed by atoms with Gasteiger partial charge in [-0.05, 0) is 26.1 Å². The van der Waals surface area contributed by atoms with Crippen molar-refractivity contribution in [2.24, 2.45) is 0 Å². The summed E-state index contributed by atoms with van der Waals surface area (Å²) in [5.41, 5.74) is -0.315. The van der Waals surface area contributed by atoms with Gasteiger partial charge < -0.3 is 9.88 Å². The standard InChI is InChI=1S/C10H15N3O3S/c1-13-5-4-8(7-13)12-17(15,16)9-2-3-10(14)11-6-9/h2-3,6,8,12H,4-5,7H2,1H3,(H,11,14). The van der Waals surface area contributed by atoms with E-state index in [0.29, 0.717) is 6.54 Å². The maximum atomic E-state index is 12.0. The second-order valence-corrected chi connectivity index (χ2v) is 5.97. The molecule has 1 aliphatic rings. The number of hydrogen-bond donors (Lipinski definition) is 2. The molecule has 1 unspecified atom stereocenters. The van der Waals surface area contributed by atoms with E-state index in [1.165, 1.54) is 18.3 Å². The molecular formula is C10H15N3O3S. The number of likely N-dealkylation sites (N-methyl/N-ethyl adjacent to an activating group) is 1. The smallest absolute Gasteiger partial charge is 0.247 e. The van der Waals surface area contributed by atoms with E-state index in [1.54, 1.807) is 0 Å². The molecular weight excluding hydrogens is 242 g/mol. The minimum absolute atomic E-state index is 0.0584. The largest absolute Gasteiger partial charge is 0.328 e. The molecule has 0 radical (unpaired) electrons. The zero-order valence-corrected chi connectivity index (χ0v) is 10.3. The van der Waals surface area contributed by atoms with Crippen molar-refractivity contribution in [2.45, 2.75) is 17.4 Å². The number of H-pyrrole nitrogens is 1. The van der Waals surface area contributed by atoms with Crippen molar-refractivity contribution in [1.82, 2.24) is 14.6 Å². The Morgan fingerprint density at radius 3 is 2.76 bits per heavy atom. The first-order valence-electron chi connectivity index (χ1n) is 5.37. The Kier molecular flexibility index (Phi) is 3.32. The summed E-state index contributed by atoms with van der Waals surface area (Å²) < 4.78 is 26.5. The van der Waals surface area contributed by atoms with Gasteiger partial charge in [0.05, 0.1) is 4.90 Å². The number of nitrogens with zero attached hydrogens (tertiary/aromatic N) is 1. The average molecular weight is 257 g/mol. The topological polar surface area (TPSA) is 82.3 Å². The molecule has 0 bridgehead atoms. The van der Waals surface area contributed by atoms with Crippen LogP contribution in [0.4, 0.5) is 0 Å². The minimum Gasteiger partial charge on any atom is -0.328 e. The van der Waals surface area contributed by atoms with E-state index in [9.17, 15) is 13.2 Å². The number of sulfonamides is 1. The van der Waals surface area contributed by atoms with E-state index in [0.717, 1.165) is 13.0 Å². The number of pyridine rings is 1. The highest BCUT2D eigenvalue weighted by Gasteiger charge is 2.25. The molecule has 2 rings (SSSR count). The van der Waals surface area contributed by atoms with Crippen LogP contribution in [0.15, 0.2) is 28.0 Å². The monoisotopic (exact) mass is 257 g/mol. The molecule has 94 valence electrons. The highest BCUT2D eigenvalue weighted by Crippen LogP contribution is 2.11. The summed E-state index contributed by atoms with van der Waals surface area (Å²) in [6, 6.07) is 2.45. The lowest BCUT2D eigenvalue weighted by molar-refractivity contribution is 0.407. The van der Waals surface area contributed by atoms with Crippen LogP contribution in [-0.4, -0.2) is 44.5 Å². The maximum absolute atomic E-state index is 12.0. The third-order valence-corrected chi connectivity index (χ3v) is 4.30. The van der Waals surface area contributed by atoms with Crippen molar-refractivity contribution in [3.05, 3.63) is 28.7 Å². The first kappa shape index (κ1) is 12.3. The van der Waals surface area contributed by atoms with E-state index < -0.39 is 10.0 Å². The third kappa shape index (κ3) is 2.93. The van der Waals surface area contributed by atoms with Crippen molar-refractivity contribution in [1.29, 1.82) is 0 Å². The first-order chi connectivity index (χ1) is 7.97. The molecule has 17 heavy (non-hydrogen) atoms. The molecule has 1 atom stereocenters. The molecule has 1 aromatic rings. The molecule has 1 saturated heterocycles. The molecule has 2 N–H and O–H groups in total. The van der Waals surface area contributed by atoms with Crippen molar-refractivity contribution in [2.75, 3.05) is 20.1 Å². The van der Waals surface area contributed by atoms with Gasteiger partial charge in [-0.1, -0.05) is 0 Å². The lowest BCUT2D eigenvalue weighted by atomic mass is 10.3. The van der Waals surface area contributed by atoms with Gasteiger partial charge in [-0.15, -0.1) is 0 Å². The molecule has 2 heterocycles. The van der Waals surface area contributed by atoms with E-state index in [-0.39, 0.29) is 16.5 Å². The lowest BCUT2D eigenvalue weighted by Crippen LogP contribution is -2.36. The molecule has 0 aromatic carbocycles. The summed E-state index contributed by atoms with van der Waals surface area (Å²) in [6.07, 6.45) is 2.02. The number of nitrogens with one attached hydrogen (secondary N) is 2. The van der Waals surface area contributed by atoms with Gasteiger partial charge >= 0.3 is 0 Å². The molecule has 1 aromatic heterocycles. The van der Waals surface area contributed by atoms with Crippen molar-refractivity contribution in [3.8, 4) is 0 Å². The van der Waals surface area contributed by atoms with Crippen LogP contribution in [0.1, 0.15) is 6.42 Å².